The Bertz CT molecular complexity index is 1460. The zero-order valence-electron chi connectivity index (χ0n) is 32.6. The van der Waals surface area contributed by atoms with Crippen molar-refractivity contribution >= 4 is 29.8 Å². The summed E-state index contributed by atoms with van der Waals surface area (Å²) in [5.74, 6) is -2.47. The summed E-state index contributed by atoms with van der Waals surface area (Å²) >= 11 is 0. The molecule has 54 heavy (non-hydrogen) atoms. The first-order valence-electron chi connectivity index (χ1n) is 19.4. The number of nitrogens with zero attached hydrogens (tertiary/aromatic N) is 1. The van der Waals surface area contributed by atoms with E-state index in [1.807, 2.05) is 44.2 Å². The van der Waals surface area contributed by atoms with Crippen molar-refractivity contribution in [1.29, 1.82) is 0 Å². The number of aliphatic carboxylic acids is 1. The number of H-pyrrole nitrogens is 1. The van der Waals surface area contributed by atoms with Gasteiger partial charge in [-0.05, 0) is 63.9 Å². The molecule has 1 aliphatic carbocycles. The number of hydrogen-bond acceptors (Lipinski definition) is 8. The van der Waals surface area contributed by atoms with Gasteiger partial charge in [0, 0.05) is 43.6 Å². The minimum atomic E-state index is -1.11. The lowest BCUT2D eigenvalue weighted by molar-refractivity contribution is -0.137. The number of amides is 4. The summed E-state index contributed by atoms with van der Waals surface area (Å²) in [4.78, 5) is 72.4. The molecule has 1 aromatic carbocycles. The third-order valence-electron chi connectivity index (χ3n) is 9.53. The second-order valence-electron chi connectivity index (χ2n) is 16.0. The number of benzene rings is 1. The molecular weight excluding hydrogens is 692 g/mol. The number of ether oxygens (including phenoxy) is 1. The molecule has 1 heterocycles. The van der Waals surface area contributed by atoms with Crippen LogP contribution in [0.3, 0.4) is 0 Å². The summed E-state index contributed by atoms with van der Waals surface area (Å²) in [5, 5.41) is 32.2. The number of carboxylic acid groups (broad SMARTS) is 1. The number of aliphatic hydroxyl groups excluding tert-OH is 1. The van der Waals surface area contributed by atoms with Crippen LogP contribution >= 0.6 is 0 Å². The Labute approximate surface area is 319 Å². The van der Waals surface area contributed by atoms with Crippen molar-refractivity contribution in [3.63, 3.8) is 0 Å². The van der Waals surface area contributed by atoms with Crippen LogP contribution in [0, 0.1) is 17.8 Å². The van der Waals surface area contributed by atoms with Crippen LogP contribution < -0.4 is 21.3 Å². The highest BCUT2D eigenvalue weighted by atomic mass is 16.6. The first kappa shape index (κ1) is 43.9. The Balaban J connectivity index is 1.85. The number of aliphatic hydroxyl groups is 1. The van der Waals surface area contributed by atoms with E-state index < -0.39 is 59.6 Å². The molecule has 14 nitrogen and oxygen atoms in total. The van der Waals surface area contributed by atoms with E-state index in [-0.39, 0.29) is 50.0 Å². The Morgan fingerprint density at radius 2 is 1.57 bits per heavy atom. The number of alkyl carbamates (subject to hydrolysis) is 1. The van der Waals surface area contributed by atoms with E-state index in [1.165, 1.54) is 6.33 Å². The Morgan fingerprint density at radius 3 is 2.19 bits per heavy atom. The molecule has 0 radical (unpaired) electrons. The lowest BCUT2D eigenvalue weighted by atomic mass is 9.81. The van der Waals surface area contributed by atoms with Crippen molar-refractivity contribution in [3.8, 4) is 0 Å². The molecule has 1 aliphatic rings. The van der Waals surface area contributed by atoms with Crippen LogP contribution in [-0.2, 0) is 36.8 Å². The van der Waals surface area contributed by atoms with Crippen molar-refractivity contribution in [2.75, 3.05) is 6.54 Å². The maximum absolute atomic E-state index is 14.3. The minimum Gasteiger partial charge on any atom is -0.481 e. The van der Waals surface area contributed by atoms with E-state index >= 15 is 0 Å². The van der Waals surface area contributed by atoms with E-state index in [0.29, 0.717) is 25.0 Å². The molecular formula is C40H62N6O8. The van der Waals surface area contributed by atoms with Gasteiger partial charge in [0.25, 0.3) is 0 Å². The zero-order chi connectivity index (χ0) is 39.7. The third-order valence-corrected chi connectivity index (χ3v) is 9.53. The van der Waals surface area contributed by atoms with Gasteiger partial charge in [-0.2, -0.15) is 0 Å². The molecule has 5 unspecified atom stereocenters. The Morgan fingerprint density at radius 1 is 0.907 bits per heavy atom. The molecule has 0 bridgehead atoms. The number of carbonyl (C=O) groups excluding carboxylic acids is 4. The normalized spacial score (nSPS) is 16.4. The van der Waals surface area contributed by atoms with Gasteiger partial charge in [0.05, 0.1) is 18.5 Å². The molecule has 4 amide bonds. The van der Waals surface area contributed by atoms with Gasteiger partial charge in [-0.15, -0.1) is 0 Å². The molecule has 5 atom stereocenters. The van der Waals surface area contributed by atoms with Crippen LogP contribution in [0.5, 0.6) is 0 Å². The minimum absolute atomic E-state index is 0.0586. The van der Waals surface area contributed by atoms with Crippen LogP contribution in [0.15, 0.2) is 42.9 Å². The molecule has 1 saturated carbocycles. The smallest absolute Gasteiger partial charge is 0.408 e. The molecule has 1 fully saturated rings. The molecule has 7 N–H and O–H groups in total. The molecule has 0 saturated heterocycles. The van der Waals surface area contributed by atoms with Gasteiger partial charge < -0.3 is 41.2 Å². The second-order valence-corrected chi connectivity index (χ2v) is 16.0. The molecule has 1 aromatic heterocycles. The average molecular weight is 755 g/mol. The highest BCUT2D eigenvalue weighted by Gasteiger charge is 2.34. The molecule has 3 rings (SSSR count). The first-order valence-corrected chi connectivity index (χ1v) is 19.4. The van der Waals surface area contributed by atoms with Crippen LogP contribution in [0.2, 0.25) is 0 Å². The molecule has 0 spiro atoms. The van der Waals surface area contributed by atoms with E-state index in [2.05, 4.69) is 31.2 Å². The molecule has 300 valence electrons. The van der Waals surface area contributed by atoms with Gasteiger partial charge in [-0.25, -0.2) is 9.78 Å². The quantitative estimate of drug-likeness (QED) is 0.0898. The number of hydrogen-bond donors (Lipinski definition) is 7. The number of imidazole rings is 1. The Hall–Kier alpha value is -4.46. The summed E-state index contributed by atoms with van der Waals surface area (Å²) in [6, 6.07) is 6.30. The summed E-state index contributed by atoms with van der Waals surface area (Å²) in [6.07, 6.45) is 7.89. The number of aromatic nitrogens is 2. The van der Waals surface area contributed by atoms with Crippen molar-refractivity contribution in [2.24, 2.45) is 17.8 Å². The summed E-state index contributed by atoms with van der Waals surface area (Å²) in [5.41, 5.74) is 0.585. The number of rotatable bonds is 21. The predicted molar refractivity (Wildman–Crippen MR) is 204 cm³/mol. The number of carbonyl (C=O) groups is 5. The van der Waals surface area contributed by atoms with Gasteiger partial charge in [-0.3, -0.25) is 19.2 Å². The number of carboxylic acids is 1. The third kappa shape index (κ3) is 16.7. The lowest BCUT2D eigenvalue weighted by Crippen LogP contribution is -2.58. The second kappa shape index (κ2) is 22.0. The fourth-order valence-corrected chi connectivity index (χ4v) is 6.91. The van der Waals surface area contributed by atoms with E-state index in [4.69, 9.17) is 9.84 Å². The van der Waals surface area contributed by atoms with Gasteiger partial charge in [0.1, 0.15) is 17.7 Å². The maximum atomic E-state index is 14.3. The highest BCUT2D eigenvalue weighted by molar-refractivity contribution is 5.91. The number of aromatic amines is 1. The summed E-state index contributed by atoms with van der Waals surface area (Å²) in [6.45, 7) is 9.36. The fourth-order valence-electron chi connectivity index (χ4n) is 6.91. The zero-order valence-corrected chi connectivity index (χ0v) is 32.6. The summed E-state index contributed by atoms with van der Waals surface area (Å²) in [7, 11) is 0. The average Bonchev–Trinajstić information content (AvgIpc) is 3.62. The molecule has 0 aliphatic heterocycles. The van der Waals surface area contributed by atoms with Gasteiger partial charge in [0.15, 0.2) is 0 Å². The van der Waals surface area contributed by atoms with Gasteiger partial charge in [-0.1, -0.05) is 76.3 Å². The topological polar surface area (TPSA) is 212 Å². The van der Waals surface area contributed by atoms with Gasteiger partial charge >= 0.3 is 12.1 Å². The van der Waals surface area contributed by atoms with Crippen molar-refractivity contribution < 1.29 is 38.9 Å². The molecule has 2 aromatic rings. The van der Waals surface area contributed by atoms with E-state index in [0.717, 1.165) is 37.7 Å². The van der Waals surface area contributed by atoms with E-state index in [9.17, 15) is 29.1 Å². The maximum Gasteiger partial charge on any atom is 0.408 e. The molecule has 14 heteroatoms. The van der Waals surface area contributed by atoms with Gasteiger partial charge in [0.2, 0.25) is 17.7 Å². The van der Waals surface area contributed by atoms with Crippen LogP contribution in [-0.4, -0.2) is 86.3 Å². The lowest BCUT2D eigenvalue weighted by Gasteiger charge is -2.33. The Kier molecular flexibility index (Phi) is 17.9. The van der Waals surface area contributed by atoms with Crippen molar-refractivity contribution in [2.45, 2.75) is 141 Å². The predicted octanol–water partition coefficient (Wildman–Crippen LogP) is 4.42. The van der Waals surface area contributed by atoms with Crippen molar-refractivity contribution in [1.82, 2.24) is 31.2 Å². The first-order chi connectivity index (χ1) is 25.6. The standard InChI is InChI=1S/C40H62N6O8/c1-26(2)19-29(36(50)42-18-12-17-35(48)49)22-34(47)31(20-27-13-8-6-9-14-27)44-38(52)33(23-30-24-41-25-43-30)45-37(51)32(21-28-15-10-7-11-16-28)46-39(53)54-40(3,4)5/h7,10-11,15-16,24-27,29,31-34,47H,6,8-9,12-14,17-23H2,1-5H3,(H,41,43)(H,42,50)(H,44,52)(H,45,51)(H,46,53)(H,48,49). The van der Waals surface area contributed by atoms with Crippen LogP contribution in [0.25, 0.3) is 0 Å². The monoisotopic (exact) mass is 754 g/mol. The largest absolute Gasteiger partial charge is 0.481 e. The SMILES string of the molecule is CC(C)CC(CC(O)C(CC1CCCCC1)NC(=O)C(Cc1cnc[nH]1)NC(=O)C(Cc1ccccc1)NC(=O)OC(C)(C)C)C(=O)NCCCC(=O)O. The summed E-state index contributed by atoms with van der Waals surface area (Å²) < 4.78 is 5.45. The fraction of sp³-hybridized carbons (Fsp3) is 0.650. The van der Waals surface area contributed by atoms with Crippen molar-refractivity contribution in [3.05, 3.63) is 54.1 Å². The van der Waals surface area contributed by atoms with Crippen LogP contribution in [0.4, 0.5) is 4.79 Å². The number of nitrogens with one attached hydrogen (secondary N) is 5. The van der Waals surface area contributed by atoms with E-state index in [1.54, 1.807) is 27.0 Å². The van der Waals surface area contributed by atoms with Crippen LogP contribution in [0.1, 0.15) is 110 Å². The highest BCUT2D eigenvalue weighted by Crippen LogP contribution is 2.30.